The fourth-order valence-electron chi connectivity index (χ4n) is 2.52. The zero-order chi connectivity index (χ0) is 12.1. The molecule has 1 aliphatic rings. The summed E-state index contributed by atoms with van der Waals surface area (Å²) < 4.78 is 2.10. The van der Waals surface area contributed by atoms with Crippen molar-refractivity contribution in [3.63, 3.8) is 0 Å². The summed E-state index contributed by atoms with van der Waals surface area (Å²) in [7, 11) is 2.20. The number of hydrogen-bond donors (Lipinski definition) is 1. The summed E-state index contributed by atoms with van der Waals surface area (Å²) in [5.74, 6) is 0.822. The van der Waals surface area contributed by atoms with Gasteiger partial charge in [0.15, 0.2) is 0 Å². The highest BCUT2D eigenvalue weighted by molar-refractivity contribution is 5.00. The minimum atomic E-state index is 0.822. The highest BCUT2D eigenvalue weighted by atomic mass is 15.3. The average molecular weight is 236 g/mol. The first-order chi connectivity index (χ1) is 8.29. The normalized spacial score (nSPS) is 21.2. The lowest BCUT2D eigenvalue weighted by atomic mass is 10.1. The lowest BCUT2D eigenvalue weighted by molar-refractivity contribution is 0.387. The van der Waals surface area contributed by atoms with Gasteiger partial charge in [-0.15, -0.1) is 0 Å². The Labute approximate surface area is 104 Å². The fraction of sp³-hybridized carbons (Fsp3) is 0.769. The Bertz CT molecular complexity index is 334. The van der Waals surface area contributed by atoms with Crippen LogP contribution in [0.25, 0.3) is 0 Å². The molecule has 0 saturated carbocycles. The van der Waals surface area contributed by atoms with E-state index in [0.29, 0.717) is 0 Å². The monoisotopic (exact) mass is 236 g/mol. The molecule has 17 heavy (non-hydrogen) atoms. The Balaban J connectivity index is 1.72. The molecule has 2 heterocycles. The van der Waals surface area contributed by atoms with Crippen molar-refractivity contribution in [1.82, 2.24) is 20.0 Å². The Hall–Kier alpha value is -0.870. The zero-order valence-corrected chi connectivity index (χ0v) is 11.0. The van der Waals surface area contributed by atoms with Crippen LogP contribution in [0, 0.1) is 5.92 Å². The van der Waals surface area contributed by atoms with Crippen LogP contribution in [0.5, 0.6) is 0 Å². The maximum Gasteiger partial charge on any atom is 0.0522 e. The molecule has 0 bridgehead atoms. The molecule has 1 aromatic rings. The molecule has 1 N–H and O–H groups in total. The second kappa shape index (κ2) is 6.17. The standard InChI is InChI=1S/C13H24N4/c1-3-7-17-13(4-6-15-17)10-14-9-12-5-8-16(2)11-12/h4,6,12,14H,3,5,7-11H2,1-2H3. The van der Waals surface area contributed by atoms with Crippen molar-refractivity contribution in [3.05, 3.63) is 18.0 Å². The van der Waals surface area contributed by atoms with Crippen LogP contribution >= 0.6 is 0 Å². The van der Waals surface area contributed by atoms with Gasteiger partial charge in [0.2, 0.25) is 0 Å². The van der Waals surface area contributed by atoms with Gasteiger partial charge < -0.3 is 10.2 Å². The van der Waals surface area contributed by atoms with Crippen LogP contribution in [0.1, 0.15) is 25.5 Å². The first-order valence-electron chi connectivity index (χ1n) is 6.69. The lowest BCUT2D eigenvalue weighted by Crippen LogP contribution is -2.25. The van der Waals surface area contributed by atoms with E-state index < -0.39 is 0 Å². The van der Waals surface area contributed by atoms with Crippen molar-refractivity contribution < 1.29 is 0 Å². The SMILES string of the molecule is CCCn1nccc1CNCC1CCN(C)C1. The molecule has 0 amide bonds. The molecule has 4 heteroatoms. The molecular weight excluding hydrogens is 212 g/mol. The molecule has 0 aromatic carbocycles. The minimum absolute atomic E-state index is 0.822. The van der Waals surface area contributed by atoms with Crippen LogP contribution < -0.4 is 5.32 Å². The van der Waals surface area contributed by atoms with Gasteiger partial charge in [-0.05, 0) is 45.0 Å². The lowest BCUT2D eigenvalue weighted by Gasteiger charge is -2.12. The van der Waals surface area contributed by atoms with E-state index in [0.717, 1.165) is 32.0 Å². The van der Waals surface area contributed by atoms with Crippen molar-refractivity contribution in [3.8, 4) is 0 Å². The fourth-order valence-corrected chi connectivity index (χ4v) is 2.52. The van der Waals surface area contributed by atoms with E-state index in [9.17, 15) is 0 Å². The number of aromatic nitrogens is 2. The molecule has 1 aliphatic heterocycles. The molecule has 1 atom stereocenters. The number of nitrogens with zero attached hydrogens (tertiary/aromatic N) is 3. The Kier molecular flexibility index (Phi) is 4.57. The van der Waals surface area contributed by atoms with Gasteiger partial charge >= 0.3 is 0 Å². The van der Waals surface area contributed by atoms with E-state index in [2.05, 4.69) is 40.0 Å². The van der Waals surface area contributed by atoms with Crippen molar-refractivity contribution in [2.24, 2.45) is 5.92 Å². The number of hydrogen-bond acceptors (Lipinski definition) is 3. The second-order valence-electron chi connectivity index (χ2n) is 5.09. The average Bonchev–Trinajstić information content (AvgIpc) is 2.90. The molecule has 2 rings (SSSR count). The van der Waals surface area contributed by atoms with Crippen molar-refractivity contribution in [2.75, 3.05) is 26.7 Å². The highest BCUT2D eigenvalue weighted by Crippen LogP contribution is 2.13. The van der Waals surface area contributed by atoms with E-state index in [4.69, 9.17) is 0 Å². The molecule has 1 saturated heterocycles. The molecule has 0 radical (unpaired) electrons. The number of nitrogens with one attached hydrogen (secondary N) is 1. The van der Waals surface area contributed by atoms with Gasteiger partial charge in [0, 0.05) is 25.8 Å². The molecule has 0 aliphatic carbocycles. The number of rotatable bonds is 6. The smallest absolute Gasteiger partial charge is 0.0522 e. The van der Waals surface area contributed by atoms with Crippen molar-refractivity contribution in [2.45, 2.75) is 32.9 Å². The van der Waals surface area contributed by atoms with Crippen LogP contribution in [0.15, 0.2) is 12.3 Å². The van der Waals surface area contributed by atoms with E-state index in [1.54, 1.807) is 0 Å². The quantitative estimate of drug-likeness (QED) is 0.809. The van der Waals surface area contributed by atoms with E-state index >= 15 is 0 Å². The van der Waals surface area contributed by atoms with Crippen LogP contribution in [0.3, 0.4) is 0 Å². The predicted molar refractivity (Wildman–Crippen MR) is 69.8 cm³/mol. The van der Waals surface area contributed by atoms with E-state index in [1.807, 2.05) is 6.20 Å². The first kappa shape index (κ1) is 12.6. The Morgan fingerprint density at radius 3 is 3.12 bits per heavy atom. The van der Waals surface area contributed by atoms with Crippen LogP contribution in [0.4, 0.5) is 0 Å². The van der Waals surface area contributed by atoms with E-state index in [-0.39, 0.29) is 0 Å². The van der Waals surface area contributed by atoms with Gasteiger partial charge in [0.1, 0.15) is 0 Å². The topological polar surface area (TPSA) is 33.1 Å². The van der Waals surface area contributed by atoms with E-state index in [1.165, 1.54) is 25.2 Å². The van der Waals surface area contributed by atoms with Crippen LogP contribution in [-0.4, -0.2) is 41.4 Å². The second-order valence-corrected chi connectivity index (χ2v) is 5.09. The van der Waals surface area contributed by atoms with Gasteiger partial charge in [-0.2, -0.15) is 5.10 Å². The molecule has 4 nitrogen and oxygen atoms in total. The molecule has 1 fully saturated rings. The summed E-state index contributed by atoms with van der Waals surface area (Å²) in [4.78, 5) is 2.41. The summed E-state index contributed by atoms with van der Waals surface area (Å²) in [6, 6.07) is 2.11. The summed E-state index contributed by atoms with van der Waals surface area (Å²) in [5.41, 5.74) is 1.30. The summed E-state index contributed by atoms with van der Waals surface area (Å²) in [5, 5.41) is 7.90. The Morgan fingerprint density at radius 2 is 2.41 bits per heavy atom. The van der Waals surface area contributed by atoms with Gasteiger partial charge in [-0.25, -0.2) is 0 Å². The zero-order valence-electron chi connectivity index (χ0n) is 11.0. The van der Waals surface area contributed by atoms with Crippen LogP contribution in [0.2, 0.25) is 0 Å². The molecule has 96 valence electrons. The van der Waals surface area contributed by atoms with Gasteiger partial charge in [0.25, 0.3) is 0 Å². The third-order valence-corrected chi connectivity index (χ3v) is 3.47. The third-order valence-electron chi connectivity index (χ3n) is 3.47. The maximum absolute atomic E-state index is 4.34. The van der Waals surface area contributed by atoms with Crippen molar-refractivity contribution in [1.29, 1.82) is 0 Å². The van der Waals surface area contributed by atoms with Crippen molar-refractivity contribution >= 4 is 0 Å². The number of likely N-dealkylation sites (tertiary alicyclic amines) is 1. The number of aryl methyl sites for hydroxylation is 1. The maximum atomic E-state index is 4.34. The van der Waals surface area contributed by atoms with Gasteiger partial charge in [0.05, 0.1) is 5.69 Å². The third kappa shape index (κ3) is 3.54. The summed E-state index contributed by atoms with van der Waals surface area (Å²) in [6.45, 7) is 7.77. The minimum Gasteiger partial charge on any atom is -0.311 e. The highest BCUT2D eigenvalue weighted by Gasteiger charge is 2.18. The van der Waals surface area contributed by atoms with Gasteiger partial charge in [-0.3, -0.25) is 4.68 Å². The molecule has 0 spiro atoms. The summed E-state index contributed by atoms with van der Waals surface area (Å²) in [6.07, 6.45) is 4.37. The molecular formula is C13H24N4. The Morgan fingerprint density at radius 1 is 1.53 bits per heavy atom. The molecule has 1 aromatic heterocycles. The van der Waals surface area contributed by atoms with Crippen LogP contribution in [-0.2, 0) is 13.1 Å². The molecule has 1 unspecified atom stereocenters. The predicted octanol–water partition coefficient (Wildman–Crippen LogP) is 1.33. The van der Waals surface area contributed by atoms with Gasteiger partial charge in [-0.1, -0.05) is 6.92 Å². The summed E-state index contributed by atoms with van der Waals surface area (Å²) >= 11 is 0. The largest absolute Gasteiger partial charge is 0.311 e. The first-order valence-corrected chi connectivity index (χ1v) is 6.69.